The van der Waals surface area contributed by atoms with Crippen LogP contribution in [0.4, 0.5) is 17.5 Å². The minimum absolute atomic E-state index is 0.420. The molecule has 0 radical (unpaired) electrons. The van der Waals surface area contributed by atoms with E-state index in [1.54, 1.807) is 12.4 Å². The quantitative estimate of drug-likeness (QED) is 0.377. The molecule has 4 aromatic rings. The first-order chi connectivity index (χ1) is 15.6. The number of nitrogens with zero attached hydrogens (tertiary/aromatic N) is 4. The van der Waals surface area contributed by atoms with E-state index in [2.05, 4.69) is 25.3 Å². The summed E-state index contributed by atoms with van der Waals surface area (Å²) < 4.78 is 6.26. The molecule has 6 nitrogen and oxygen atoms in total. The van der Waals surface area contributed by atoms with Crippen LogP contribution >= 0.6 is 11.6 Å². The third-order valence-corrected chi connectivity index (χ3v) is 5.49. The van der Waals surface area contributed by atoms with Gasteiger partial charge < -0.3 is 10.1 Å². The van der Waals surface area contributed by atoms with E-state index >= 15 is 0 Å². The van der Waals surface area contributed by atoms with Crippen LogP contribution in [0.25, 0.3) is 11.1 Å². The largest absolute Gasteiger partial charge is 0.437 e. The number of pyridine rings is 1. The number of fused-ring (bicyclic) bond motifs is 1. The molecule has 0 atom stereocenters. The number of aromatic nitrogens is 3. The maximum Gasteiger partial charge on any atom is 0.232 e. The number of hydrogen-bond donors (Lipinski definition) is 1. The summed E-state index contributed by atoms with van der Waals surface area (Å²) in [5.41, 5.74) is 5.85. The highest BCUT2D eigenvalue weighted by atomic mass is 35.5. The lowest BCUT2D eigenvalue weighted by Crippen LogP contribution is -2.02. The van der Waals surface area contributed by atoms with Crippen molar-refractivity contribution in [2.45, 2.75) is 20.3 Å². The van der Waals surface area contributed by atoms with Gasteiger partial charge in [0, 0.05) is 30.7 Å². The van der Waals surface area contributed by atoms with E-state index in [1.807, 2.05) is 68.6 Å². The van der Waals surface area contributed by atoms with Gasteiger partial charge in [-0.1, -0.05) is 29.3 Å². The molecule has 3 heterocycles. The Morgan fingerprint density at radius 2 is 1.72 bits per heavy atom. The maximum absolute atomic E-state index is 6.64. The molecular formula is C25H20ClN5O. The summed E-state index contributed by atoms with van der Waals surface area (Å²) >= 11 is 6.64. The Hall–Kier alpha value is -3.77. The second-order valence-corrected chi connectivity index (χ2v) is 8.01. The van der Waals surface area contributed by atoms with Crippen LogP contribution in [-0.4, -0.2) is 21.2 Å². The van der Waals surface area contributed by atoms with Gasteiger partial charge in [0.25, 0.3) is 0 Å². The summed E-state index contributed by atoms with van der Waals surface area (Å²) in [5.74, 6) is 2.04. The normalized spacial score (nSPS) is 12.0. The van der Waals surface area contributed by atoms with Crippen molar-refractivity contribution in [3.8, 4) is 22.8 Å². The van der Waals surface area contributed by atoms with Crippen molar-refractivity contribution in [1.82, 2.24) is 15.0 Å². The van der Waals surface area contributed by atoms with Crippen LogP contribution < -0.4 is 10.1 Å². The highest BCUT2D eigenvalue weighted by Crippen LogP contribution is 2.40. The van der Waals surface area contributed by atoms with Crippen LogP contribution in [0.2, 0.25) is 5.02 Å². The van der Waals surface area contributed by atoms with Gasteiger partial charge in [0.1, 0.15) is 0 Å². The number of anilines is 2. The molecule has 0 fully saturated rings. The van der Waals surface area contributed by atoms with E-state index < -0.39 is 0 Å². The molecule has 1 N–H and O–H groups in total. The fourth-order valence-corrected chi connectivity index (χ4v) is 3.84. The van der Waals surface area contributed by atoms with Gasteiger partial charge in [-0.25, -0.2) is 4.99 Å². The third kappa shape index (κ3) is 4.05. The molecule has 0 unspecified atom stereocenters. The first kappa shape index (κ1) is 20.2. The van der Waals surface area contributed by atoms with Crippen LogP contribution in [-0.2, 0) is 6.42 Å². The van der Waals surface area contributed by atoms with Crippen molar-refractivity contribution in [1.29, 1.82) is 0 Å². The first-order valence-electron chi connectivity index (χ1n) is 10.2. The number of aliphatic imine (C=N–C) groups is 1. The molecule has 0 aliphatic carbocycles. The Labute approximate surface area is 191 Å². The number of aryl methyl sites for hydroxylation is 2. The fourth-order valence-electron chi connectivity index (χ4n) is 3.54. The molecular weight excluding hydrogens is 422 g/mol. The molecule has 7 heteroatoms. The monoisotopic (exact) mass is 441 g/mol. The molecule has 2 aromatic heterocycles. The molecule has 1 aliphatic heterocycles. The van der Waals surface area contributed by atoms with Gasteiger partial charge >= 0.3 is 0 Å². The highest BCUT2D eigenvalue weighted by Gasteiger charge is 2.21. The predicted molar refractivity (Wildman–Crippen MR) is 128 cm³/mol. The standard InChI is InChI=1S/C25H20ClN5O/c1-15-3-5-19(6-4-15)29-25-30-23-20(9-12-28-23)24(31-25)32-22-16(2)13-18(14-21(22)26)17-7-10-27-11-8-17/h3-8,10-14H,9H2,1-2H3,(H,29,30,31). The van der Waals surface area contributed by atoms with E-state index in [0.29, 0.717) is 34.8 Å². The van der Waals surface area contributed by atoms with Crippen molar-refractivity contribution < 1.29 is 4.74 Å². The minimum atomic E-state index is 0.420. The zero-order chi connectivity index (χ0) is 22.1. The number of benzene rings is 2. The fraction of sp³-hybridized carbons (Fsp3) is 0.120. The van der Waals surface area contributed by atoms with Crippen molar-refractivity contribution >= 4 is 35.3 Å². The minimum Gasteiger partial charge on any atom is -0.437 e. The van der Waals surface area contributed by atoms with Gasteiger partial charge in [0.2, 0.25) is 11.8 Å². The van der Waals surface area contributed by atoms with E-state index in [0.717, 1.165) is 27.9 Å². The Balaban J connectivity index is 1.49. The smallest absolute Gasteiger partial charge is 0.232 e. The Morgan fingerprint density at radius 3 is 2.47 bits per heavy atom. The van der Waals surface area contributed by atoms with Gasteiger partial charge in [-0.05, 0) is 66.9 Å². The van der Waals surface area contributed by atoms with Gasteiger partial charge in [0.05, 0.1) is 10.6 Å². The van der Waals surface area contributed by atoms with Crippen molar-refractivity contribution in [3.63, 3.8) is 0 Å². The molecule has 0 saturated heterocycles. The zero-order valence-electron chi connectivity index (χ0n) is 17.6. The van der Waals surface area contributed by atoms with E-state index in [9.17, 15) is 0 Å². The average Bonchev–Trinajstić information content (AvgIpc) is 3.27. The lowest BCUT2D eigenvalue weighted by molar-refractivity contribution is 0.455. The van der Waals surface area contributed by atoms with Crippen molar-refractivity contribution in [3.05, 3.63) is 82.6 Å². The highest BCUT2D eigenvalue weighted by molar-refractivity contribution is 6.32. The second-order valence-electron chi connectivity index (χ2n) is 7.60. The van der Waals surface area contributed by atoms with Gasteiger partial charge in [-0.3, -0.25) is 4.98 Å². The molecule has 0 amide bonds. The summed E-state index contributed by atoms with van der Waals surface area (Å²) in [6.07, 6.45) is 5.94. The molecule has 32 heavy (non-hydrogen) atoms. The molecule has 5 rings (SSSR count). The molecule has 0 bridgehead atoms. The Morgan fingerprint density at radius 1 is 0.938 bits per heavy atom. The van der Waals surface area contributed by atoms with Crippen LogP contribution in [0.5, 0.6) is 11.6 Å². The number of ether oxygens (including phenoxy) is 1. The number of rotatable bonds is 5. The molecule has 2 aromatic carbocycles. The lowest BCUT2D eigenvalue weighted by atomic mass is 10.0. The summed E-state index contributed by atoms with van der Waals surface area (Å²) in [7, 11) is 0. The Bertz CT molecular complexity index is 1300. The van der Waals surface area contributed by atoms with Crippen molar-refractivity contribution in [2.75, 3.05) is 5.32 Å². The number of nitrogens with one attached hydrogen (secondary N) is 1. The zero-order valence-corrected chi connectivity index (χ0v) is 18.4. The predicted octanol–water partition coefficient (Wildman–Crippen LogP) is 6.60. The summed E-state index contributed by atoms with van der Waals surface area (Å²) in [5, 5.41) is 3.74. The second kappa shape index (κ2) is 8.40. The maximum atomic E-state index is 6.64. The van der Waals surface area contributed by atoms with Crippen molar-refractivity contribution in [2.24, 2.45) is 4.99 Å². The topological polar surface area (TPSA) is 72.3 Å². The van der Waals surface area contributed by atoms with E-state index in [-0.39, 0.29) is 0 Å². The van der Waals surface area contributed by atoms with Gasteiger partial charge in [-0.2, -0.15) is 9.97 Å². The molecule has 0 spiro atoms. The molecule has 1 aliphatic rings. The number of hydrogen-bond acceptors (Lipinski definition) is 6. The SMILES string of the molecule is Cc1ccc(Nc2nc3c(c(Oc4c(C)cc(-c5ccncc5)cc4Cl)n2)CC=N3)cc1. The van der Waals surface area contributed by atoms with Crippen LogP contribution in [0.1, 0.15) is 16.7 Å². The van der Waals surface area contributed by atoms with Crippen LogP contribution in [0.3, 0.4) is 0 Å². The van der Waals surface area contributed by atoms with E-state index in [1.165, 1.54) is 5.56 Å². The molecule has 158 valence electrons. The first-order valence-corrected chi connectivity index (χ1v) is 10.6. The van der Waals surface area contributed by atoms with Crippen LogP contribution in [0.15, 0.2) is 65.9 Å². The summed E-state index contributed by atoms with van der Waals surface area (Å²) in [6.45, 7) is 4.01. The number of halogens is 1. The van der Waals surface area contributed by atoms with Crippen LogP contribution in [0, 0.1) is 13.8 Å². The van der Waals surface area contributed by atoms with E-state index in [4.69, 9.17) is 16.3 Å². The summed E-state index contributed by atoms with van der Waals surface area (Å²) in [4.78, 5) is 17.6. The third-order valence-electron chi connectivity index (χ3n) is 5.21. The molecule has 0 saturated carbocycles. The lowest BCUT2D eigenvalue weighted by Gasteiger charge is -2.15. The average molecular weight is 442 g/mol. The van der Waals surface area contributed by atoms with Gasteiger partial charge in [-0.15, -0.1) is 0 Å². The van der Waals surface area contributed by atoms with Gasteiger partial charge in [0.15, 0.2) is 11.6 Å². The Kier molecular flexibility index (Phi) is 5.29. The summed E-state index contributed by atoms with van der Waals surface area (Å²) in [6, 6.07) is 15.8.